The Balaban J connectivity index is 1.36. The van der Waals surface area contributed by atoms with E-state index in [0.29, 0.717) is 31.6 Å². The Labute approximate surface area is 228 Å². The van der Waals surface area contributed by atoms with Crippen LogP contribution in [-0.4, -0.2) is 68.8 Å². The largest absolute Gasteiger partial charge is 0.481 e. The molecular formula is C26H25ClF2N6O4. The molecule has 1 saturated heterocycles. The highest BCUT2D eigenvalue weighted by atomic mass is 35.5. The lowest BCUT2D eigenvalue weighted by Gasteiger charge is -2.48. The summed E-state index contributed by atoms with van der Waals surface area (Å²) in [6.45, 7) is 8.65. The third-order valence-electron chi connectivity index (χ3n) is 6.04. The fourth-order valence-electron chi connectivity index (χ4n) is 4.03. The molecule has 3 heterocycles. The first-order chi connectivity index (χ1) is 18.5. The molecule has 0 unspecified atom stereocenters. The van der Waals surface area contributed by atoms with Gasteiger partial charge in [-0.1, -0.05) is 18.2 Å². The monoisotopic (exact) mass is 558 g/mol. The number of hydrogen-bond donors (Lipinski definition) is 1. The minimum Gasteiger partial charge on any atom is -0.481 e. The van der Waals surface area contributed by atoms with Crippen molar-refractivity contribution < 1.29 is 27.8 Å². The van der Waals surface area contributed by atoms with Crippen LogP contribution < -0.4 is 14.8 Å². The minimum atomic E-state index is -0.890. The van der Waals surface area contributed by atoms with Gasteiger partial charge in [0, 0.05) is 38.0 Å². The van der Waals surface area contributed by atoms with Gasteiger partial charge in [0.25, 0.3) is 11.8 Å². The second-order valence-electron chi connectivity index (χ2n) is 9.21. The van der Waals surface area contributed by atoms with Crippen LogP contribution in [0.2, 0.25) is 5.02 Å². The number of rotatable bonds is 7. The van der Waals surface area contributed by atoms with Crippen molar-refractivity contribution in [1.29, 1.82) is 0 Å². The smallest absolute Gasteiger partial charge is 0.272 e. The highest BCUT2D eigenvalue weighted by molar-refractivity contribution is 6.33. The Morgan fingerprint density at radius 1 is 1.08 bits per heavy atom. The summed E-state index contributed by atoms with van der Waals surface area (Å²) in [6, 6.07) is 4.34. The second kappa shape index (κ2) is 11.2. The van der Waals surface area contributed by atoms with Gasteiger partial charge in [-0.15, -0.1) is 0 Å². The van der Waals surface area contributed by atoms with E-state index in [1.807, 2.05) is 13.8 Å². The van der Waals surface area contributed by atoms with Crippen LogP contribution in [0.5, 0.6) is 17.5 Å². The predicted molar refractivity (Wildman–Crippen MR) is 139 cm³/mol. The van der Waals surface area contributed by atoms with Gasteiger partial charge in [-0.25, -0.2) is 23.7 Å². The van der Waals surface area contributed by atoms with Gasteiger partial charge < -0.3 is 24.6 Å². The lowest BCUT2D eigenvalue weighted by atomic mass is 9.97. The molecule has 39 heavy (non-hydrogen) atoms. The van der Waals surface area contributed by atoms with Gasteiger partial charge in [0.2, 0.25) is 11.8 Å². The summed E-state index contributed by atoms with van der Waals surface area (Å²) >= 11 is 6.28. The second-order valence-corrected chi connectivity index (χ2v) is 9.62. The average molecular weight is 559 g/mol. The van der Waals surface area contributed by atoms with E-state index in [-0.39, 0.29) is 39.6 Å². The normalized spacial score (nSPS) is 14.5. The third-order valence-corrected chi connectivity index (χ3v) is 6.35. The number of carbonyl (C=O) groups is 2. The van der Waals surface area contributed by atoms with Gasteiger partial charge in [-0.3, -0.25) is 9.59 Å². The van der Waals surface area contributed by atoms with Gasteiger partial charge in [0.1, 0.15) is 5.82 Å². The van der Waals surface area contributed by atoms with Crippen molar-refractivity contribution in [3.63, 3.8) is 0 Å². The fourth-order valence-corrected chi connectivity index (χ4v) is 4.25. The number of benzene rings is 1. The van der Waals surface area contributed by atoms with Gasteiger partial charge in [-0.2, -0.15) is 0 Å². The number of halogens is 3. The molecule has 1 N–H and O–H groups in total. The number of carbonyl (C=O) groups excluding carboxylic acids is 2. The fraction of sp³-hybridized carbons (Fsp3) is 0.269. The third kappa shape index (κ3) is 6.23. The van der Waals surface area contributed by atoms with E-state index in [1.54, 1.807) is 9.80 Å². The van der Waals surface area contributed by atoms with Crippen LogP contribution >= 0.6 is 11.6 Å². The maximum absolute atomic E-state index is 13.8. The Morgan fingerprint density at radius 2 is 1.82 bits per heavy atom. The summed E-state index contributed by atoms with van der Waals surface area (Å²) in [7, 11) is 1.46. The standard InChI is InChI=1S/C26H25ClF2N6O4/c1-15(24(36)33-21-12-32-23(13-30-21)39-20-6-5-16(28)9-19(20)29)34-7-8-35(26(2,3)14-34)25(37)17-11-31-22(38-4)10-18(17)27/h5-6,9-13H,1,7-8,14H2,2-4H3,(H,30,33,36). The highest BCUT2D eigenvalue weighted by Gasteiger charge is 2.39. The number of anilines is 1. The Bertz CT molecular complexity index is 1420. The number of pyridine rings is 1. The quantitative estimate of drug-likeness (QED) is 0.428. The molecule has 1 aromatic carbocycles. The van der Waals surface area contributed by atoms with E-state index in [1.165, 1.54) is 31.8 Å². The van der Waals surface area contributed by atoms with Crippen LogP contribution in [-0.2, 0) is 4.79 Å². The molecule has 1 aliphatic heterocycles. The zero-order valence-corrected chi connectivity index (χ0v) is 22.1. The summed E-state index contributed by atoms with van der Waals surface area (Å²) in [4.78, 5) is 41.7. The molecule has 1 aliphatic rings. The first-order valence-electron chi connectivity index (χ1n) is 11.7. The van der Waals surface area contributed by atoms with Crippen molar-refractivity contribution in [3.8, 4) is 17.5 Å². The number of ether oxygens (including phenoxy) is 2. The van der Waals surface area contributed by atoms with Crippen LogP contribution in [0.25, 0.3) is 0 Å². The number of amides is 2. The molecule has 4 rings (SSSR count). The Kier molecular flexibility index (Phi) is 7.95. The molecule has 10 nitrogen and oxygen atoms in total. The van der Waals surface area contributed by atoms with Crippen molar-refractivity contribution in [2.75, 3.05) is 32.1 Å². The zero-order valence-electron chi connectivity index (χ0n) is 21.4. The first kappa shape index (κ1) is 27.7. The molecule has 204 valence electrons. The number of nitrogens with one attached hydrogen (secondary N) is 1. The number of methoxy groups -OCH3 is 1. The zero-order chi connectivity index (χ0) is 28.3. The predicted octanol–water partition coefficient (Wildman–Crippen LogP) is 4.29. The van der Waals surface area contributed by atoms with Crippen LogP contribution in [0.1, 0.15) is 24.2 Å². The van der Waals surface area contributed by atoms with Crippen molar-refractivity contribution in [1.82, 2.24) is 24.8 Å². The molecule has 3 aromatic rings. The van der Waals surface area contributed by atoms with E-state index >= 15 is 0 Å². The van der Waals surface area contributed by atoms with Gasteiger partial charge in [0.05, 0.1) is 41.3 Å². The van der Waals surface area contributed by atoms with Gasteiger partial charge in [0.15, 0.2) is 17.4 Å². The average Bonchev–Trinajstić information content (AvgIpc) is 2.89. The maximum atomic E-state index is 13.8. The van der Waals surface area contributed by atoms with Crippen LogP contribution in [0, 0.1) is 11.6 Å². The number of nitrogens with zero attached hydrogens (tertiary/aromatic N) is 5. The van der Waals surface area contributed by atoms with E-state index in [0.717, 1.165) is 12.1 Å². The summed E-state index contributed by atoms with van der Waals surface area (Å²) in [5.74, 6) is -2.28. The maximum Gasteiger partial charge on any atom is 0.272 e. The van der Waals surface area contributed by atoms with Gasteiger partial charge in [-0.05, 0) is 26.0 Å². The number of aromatic nitrogens is 3. The summed E-state index contributed by atoms with van der Waals surface area (Å²) < 4.78 is 37.2. The molecule has 13 heteroatoms. The van der Waals surface area contributed by atoms with Crippen LogP contribution in [0.15, 0.2) is 55.1 Å². The molecular weight excluding hydrogens is 534 g/mol. The molecule has 0 bridgehead atoms. The van der Waals surface area contributed by atoms with E-state index in [2.05, 4.69) is 26.8 Å². The molecule has 1 fully saturated rings. The SMILES string of the molecule is C=C(C(=O)Nc1cnc(Oc2ccc(F)cc2F)cn1)N1CCN(C(=O)c2cnc(OC)cc2Cl)C(C)(C)C1. The molecule has 2 amide bonds. The lowest BCUT2D eigenvalue weighted by Crippen LogP contribution is -2.61. The molecule has 0 spiro atoms. The summed E-state index contributed by atoms with van der Waals surface area (Å²) in [5, 5.41) is 2.83. The van der Waals surface area contributed by atoms with E-state index < -0.39 is 23.1 Å². The molecule has 0 radical (unpaired) electrons. The number of piperazine rings is 1. The Morgan fingerprint density at radius 3 is 2.44 bits per heavy atom. The molecule has 0 aliphatic carbocycles. The van der Waals surface area contributed by atoms with Crippen molar-refractivity contribution in [2.45, 2.75) is 19.4 Å². The van der Waals surface area contributed by atoms with Crippen molar-refractivity contribution in [2.24, 2.45) is 0 Å². The van der Waals surface area contributed by atoms with Crippen molar-refractivity contribution in [3.05, 3.63) is 77.4 Å². The summed E-state index contributed by atoms with van der Waals surface area (Å²) in [6.07, 6.45) is 3.80. The van der Waals surface area contributed by atoms with E-state index in [9.17, 15) is 18.4 Å². The van der Waals surface area contributed by atoms with E-state index in [4.69, 9.17) is 21.1 Å². The van der Waals surface area contributed by atoms with Crippen LogP contribution in [0.4, 0.5) is 14.6 Å². The first-order valence-corrected chi connectivity index (χ1v) is 12.1. The summed E-state index contributed by atoms with van der Waals surface area (Å²) in [5.41, 5.74) is -0.241. The Hall–Kier alpha value is -4.32. The minimum absolute atomic E-state index is 0.0490. The van der Waals surface area contributed by atoms with Crippen molar-refractivity contribution >= 4 is 29.2 Å². The molecule has 0 saturated carbocycles. The lowest BCUT2D eigenvalue weighted by molar-refractivity contribution is -0.114. The number of hydrogen-bond acceptors (Lipinski definition) is 8. The molecule has 2 aromatic heterocycles. The highest BCUT2D eigenvalue weighted by Crippen LogP contribution is 2.29. The van der Waals surface area contributed by atoms with Gasteiger partial charge >= 0.3 is 0 Å². The van der Waals surface area contributed by atoms with Crippen LogP contribution in [0.3, 0.4) is 0 Å². The molecule has 0 atom stereocenters. The topological polar surface area (TPSA) is 110 Å².